The second-order valence-electron chi connectivity index (χ2n) is 19.7. The third-order valence-corrected chi connectivity index (χ3v) is 16.3. The molecule has 6 atom stereocenters. The number of nitrogens with zero attached hydrogens (tertiary/aromatic N) is 9. The first kappa shape index (κ1) is 32.4. The van der Waals surface area contributed by atoms with E-state index < -0.39 is 7.12 Å². The molecule has 0 unspecified atom stereocenters. The molecule has 6 heterocycles. The molecule has 6 aromatic rings. The topological polar surface area (TPSA) is 92.1 Å². The minimum Gasteiger partial charge on any atom is -0.424 e. The van der Waals surface area contributed by atoms with Gasteiger partial charge in [0.25, 0.3) is 7.12 Å². The summed E-state index contributed by atoms with van der Waals surface area (Å²) in [4.78, 5) is 14.9. The van der Waals surface area contributed by atoms with Crippen LogP contribution in [0, 0.1) is 34.0 Å². The smallest absolute Gasteiger partial charge is 0.260 e. The molecule has 0 amide bonds. The van der Waals surface area contributed by atoms with Gasteiger partial charge in [0.05, 0.1) is 17.1 Å². The Morgan fingerprint density at radius 2 is 0.782 bits per heavy atom. The first-order valence-corrected chi connectivity index (χ1v) is 20.6. The molecule has 1 radical (unpaired) electrons. The van der Waals surface area contributed by atoms with E-state index in [1.807, 2.05) is 32.4 Å². The van der Waals surface area contributed by atoms with Gasteiger partial charge in [0.15, 0.2) is 0 Å². The normalized spacial score (nSPS) is 28.0. The lowest BCUT2D eigenvalue weighted by molar-refractivity contribution is 0.0183. The van der Waals surface area contributed by atoms with Crippen LogP contribution in [0.2, 0.25) is 0 Å². The van der Waals surface area contributed by atoms with Crippen LogP contribution < -0.4 is 0 Å². The van der Waals surface area contributed by atoms with Gasteiger partial charge in [-0.25, -0.2) is 15.3 Å². The minimum absolute atomic E-state index is 0.369. The molecule has 3 saturated carbocycles. The Balaban J connectivity index is 0.902. The van der Waals surface area contributed by atoms with E-state index in [2.05, 4.69) is 96.5 Å². The van der Waals surface area contributed by atoms with Crippen molar-refractivity contribution in [2.24, 2.45) is 34.0 Å². The number of hydrogen-bond donors (Lipinski definition) is 0. The quantitative estimate of drug-likeness (QED) is 0.160. The fourth-order valence-corrected chi connectivity index (χ4v) is 12.1. The molecule has 3 fully saturated rings. The van der Waals surface area contributed by atoms with E-state index in [-0.39, 0.29) is 0 Å². The summed E-state index contributed by atoms with van der Waals surface area (Å²) in [6, 6.07) is 13.1. The fourth-order valence-electron chi connectivity index (χ4n) is 12.1. The predicted molar refractivity (Wildman–Crippen MR) is 213 cm³/mol. The highest BCUT2D eigenvalue weighted by Crippen LogP contribution is 2.64. The van der Waals surface area contributed by atoms with Gasteiger partial charge in [-0.05, 0) is 179 Å². The Morgan fingerprint density at radius 3 is 1.07 bits per heavy atom. The highest BCUT2D eigenvalue weighted by atomic mass is 15.4. The molecule has 9 aliphatic carbocycles. The van der Waals surface area contributed by atoms with Gasteiger partial charge >= 0.3 is 0 Å². The van der Waals surface area contributed by atoms with Crippen molar-refractivity contribution >= 4 is 7.12 Å². The van der Waals surface area contributed by atoms with E-state index in [1.165, 1.54) is 52.6 Å². The summed E-state index contributed by atoms with van der Waals surface area (Å²) in [5, 5.41) is 15.5. The van der Waals surface area contributed by atoms with E-state index in [0.29, 0.717) is 34.0 Å². The molecule has 6 bridgehead atoms. The molecule has 0 aliphatic heterocycles. The molecule has 277 valence electrons. The minimum atomic E-state index is -0.487. The lowest BCUT2D eigenvalue weighted by Crippen LogP contribution is -2.48. The molecule has 0 spiro atoms. The Bertz CT molecular complexity index is 2290. The van der Waals surface area contributed by atoms with E-state index in [1.54, 1.807) is 0 Å². The number of rotatable bonds is 6. The monoisotopic (exact) mass is 725 g/mol. The van der Waals surface area contributed by atoms with Gasteiger partial charge < -0.3 is 13.8 Å². The van der Waals surface area contributed by atoms with E-state index in [4.69, 9.17) is 30.2 Å². The summed E-state index contributed by atoms with van der Waals surface area (Å²) in [6.07, 6.45) is 19.7. The highest BCUT2D eigenvalue weighted by Gasteiger charge is 2.54. The summed E-state index contributed by atoms with van der Waals surface area (Å²) in [5.41, 5.74) is 15.0. The number of hydrogen-bond acceptors (Lipinski definition) is 6. The van der Waals surface area contributed by atoms with Gasteiger partial charge in [-0.15, -0.1) is 0 Å². The Morgan fingerprint density at radius 1 is 0.473 bits per heavy atom. The van der Waals surface area contributed by atoms with Crippen LogP contribution in [0.25, 0.3) is 34.2 Å². The van der Waals surface area contributed by atoms with Gasteiger partial charge in [-0.2, -0.15) is 0 Å². The van der Waals surface area contributed by atoms with Crippen LogP contribution in [0.1, 0.15) is 112 Å². The van der Waals surface area contributed by atoms with Gasteiger partial charge in [0.1, 0.15) is 17.1 Å². The van der Waals surface area contributed by atoms with Crippen LogP contribution in [0.15, 0.2) is 73.6 Å². The fraction of sp³-hybridized carbons (Fsp3) is 0.467. The summed E-state index contributed by atoms with van der Waals surface area (Å²) in [7, 11) is -0.487. The van der Waals surface area contributed by atoms with Crippen molar-refractivity contribution in [3.05, 3.63) is 107 Å². The molecule has 6 aromatic heterocycles. The van der Waals surface area contributed by atoms with E-state index in [9.17, 15) is 0 Å². The maximum absolute atomic E-state index is 5.18. The Kier molecular flexibility index (Phi) is 6.31. The van der Waals surface area contributed by atoms with Gasteiger partial charge in [0, 0.05) is 18.6 Å². The summed E-state index contributed by atoms with van der Waals surface area (Å²) < 4.78 is 5.86. The first-order chi connectivity index (χ1) is 26.4. The van der Waals surface area contributed by atoms with E-state index >= 15 is 0 Å². The molecule has 0 N–H and O–H groups in total. The zero-order chi connectivity index (χ0) is 37.2. The standard InChI is InChI=1S/C45H48BN9/c1-43(2)28-13-25-16-40(47-22-31(25)34(43)19-28)37-7-10-53(50-37)46(54-11-8-38(51-54)41-17-26-14-29-20-35(44(29,3)4)32(26)23-48-41)55-12-9-39(52-55)42-18-27-15-30-21-36(45(30,5)6)33(27)24-49-42/h7-12,16-18,22-24,28-30,34-36H,13-15,19-21H2,1-6H3/q-1/t28-,29-,30-,34-,35-,36-/m0/s1. The summed E-state index contributed by atoms with van der Waals surface area (Å²) in [5.74, 6) is 4.06. The SMILES string of the molecule is CC1(C)[C@H]2Cc3cc(-c4ccn([B-](n5ccc(-c6cc7c(cn6)[C@@H]6C[C@H](C7)C6(C)C)n5)n5ccc(-c6cc7c(cn6)[C@@H]6C[C@H](C7)C6(C)C)n5)n4)ncc3[C@@H]1C2. The van der Waals surface area contributed by atoms with E-state index in [0.717, 1.165) is 71.2 Å². The third kappa shape index (κ3) is 4.42. The highest BCUT2D eigenvalue weighted by molar-refractivity contribution is 6.52. The van der Waals surface area contributed by atoms with Crippen LogP contribution >= 0.6 is 0 Å². The first-order valence-electron chi connectivity index (χ1n) is 20.6. The lowest BCUT2D eigenvalue weighted by atomic mass is 9.47. The molecular weight excluding hydrogens is 677 g/mol. The molecule has 9 nitrogen and oxygen atoms in total. The molecule has 9 aliphatic rings. The van der Waals surface area contributed by atoms with Crippen LogP contribution in [-0.2, 0) is 19.3 Å². The molecular formula is C45H48BN9-. The molecule has 10 heteroatoms. The predicted octanol–water partition coefficient (Wildman–Crippen LogP) is 8.45. The van der Waals surface area contributed by atoms with Crippen molar-refractivity contribution in [3.8, 4) is 34.2 Å². The number of aromatic nitrogens is 9. The van der Waals surface area contributed by atoms with Crippen molar-refractivity contribution in [2.75, 3.05) is 0 Å². The Labute approximate surface area is 323 Å². The van der Waals surface area contributed by atoms with Crippen molar-refractivity contribution < 1.29 is 0 Å². The second-order valence-corrected chi connectivity index (χ2v) is 19.7. The number of pyridine rings is 3. The lowest BCUT2D eigenvalue weighted by Gasteiger charge is -2.57. The maximum Gasteiger partial charge on any atom is 0.260 e. The largest absolute Gasteiger partial charge is 0.424 e. The van der Waals surface area contributed by atoms with Gasteiger partial charge in [-0.1, -0.05) is 41.5 Å². The zero-order valence-electron chi connectivity index (χ0n) is 32.7. The van der Waals surface area contributed by atoms with Gasteiger partial charge in [-0.3, -0.25) is 15.0 Å². The van der Waals surface area contributed by atoms with Crippen LogP contribution in [0.4, 0.5) is 0 Å². The zero-order valence-corrected chi connectivity index (χ0v) is 32.7. The molecule has 0 aromatic carbocycles. The summed E-state index contributed by atoms with van der Waals surface area (Å²) >= 11 is 0. The molecule has 15 rings (SSSR count). The Hall–Kier alpha value is -4.86. The average molecular weight is 726 g/mol. The van der Waals surface area contributed by atoms with Crippen molar-refractivity contribution in [2.45, 2.75) is 97.8 Å². The maximum atomic E-state index is 5.18. The van der Waals surface area contributed by atoms with Crippen LogP contribution in [0.3, 0.4) is 0 Å². The third-order valence-electron chi connectivity index (χ3n) is 16.3. The van der Waals surface area contributed by atoms with Crippen molar-refractivity contribution in [1.29, 1.82) is 0 Å². The average Bonchev–Trinajstić information content (AvgIpc) is 3.99. The summed E-state index contributed by atoms with van der Waals surface area (Å²) in [6.45, 7) is 14.5. The molecule has 0 saturated heterocycles. The van der Waals surface area contributed by atoms with Crippen LogP contribution in [0.5, 0.6) is 0 Å². The molecule has 55 heavy (non-hydrogen) atoms. The van der Waals surface area contributed by atoms with Gasteiger partial charge in [0.2, 0.25) is 0 Å². The van der Waals surface area contributed by atoms with Crippen molar-refractivity contribution in [3.63, 3.8) is 0 Å². The van der Waals surface area contributed by atoms with Crippen LogP contribution in [-0.4, -0.2) is 51.1 Å². The second kappa shape index (κ2) is 10.7. The van der Waals surface area contributed by atoms with Crippen molar-refractivity contribution in [1.82, 2.24) is 44.0 Å².